The number of benzene rings is 2. The molecule has 144 valence electrons. The fourth-order valence-electron chi connectivity index (χ4n) is 2.90. The van der Waals surface area contributed by atoms with Gasteiger partial charge in [0.1, 0.15) is 6.54 Å². The molecule has 0 saturated heterocycles. The van der Waals surface area contributed by atoms with Gasteiger partial charge in [-0.3, -0.25) is 19.1 Å². The molecule has 0 fully saturated rings. The number of carbonyl (C=O) groups is 2. The van der Waals surface area contributed by atoms with Crippen molar-refractivity contribution in [2.45, 2.75) is 20.4 Å². The average molecular weight is 378 g/mol. The van der Waals surface area contributed by atoms with Crippen LogP contribution in [0.1, 0.15) is 11.1 Å². The zero-order chi connectivity index (χ0) is 20.3. The zero-order valence-electron chi connectivity index (χ0n) is 16.1. The summed E-state index contributed by atoms with van der Waals surface area (Å²) in [6, 6.07) is 12.8. The Morgan fingerprint density at radius 3 is 2.68 bits per heavy atom. The molecule has 1 aromatic heterocycles. The lowest BCUT2D eigenvalue weighted by Crippen LogP contribution is -2.37. The van der Waals surface area contributed by atoms with Crippen LogP contribution >= 0.6 is 0 Å². The van der Waals surface area contributed by atoms with E-state index in [9.17, 15) is 14.4 Å². The second-order valence-electron chi connectivity index (χ2n) is 6.80. The summed E-state index contributed by atoms with van der Waals surface area (Å²) >= 11 is 0. The molecule has 1 heterocycles. The number of fused-ring (bicyclic) bond motifs is 1. The third kappa shape index (κ3) is 4.25. The zero-order valence-corrected chi connectivity index (χ0v) is 16.1. The minimum atomic E-state index is -0.280. The highest BCUT2D eigenvalue weighted by atomic mass is 16.2. The second kappa shape index (κ2) is 8.04. The van der Waals surface area contributed by atoms with Crippen LogP contribution in [-0.2, 0) is 16.1 Å². The molecule has 1 N–H and O–H groups in total. The van der Waals surface area contributed by atoms with Gasteiger partial charge in [-0.15, -0.1) is 0 Å². The minimum absolute atomic E-state index is 0.0615. The molecule has 0 radical (unpaired) electrons. The van der Waals surface area contributed by atoms with Crippen molar-refractivity contribution in [2.24, 2.45) is 0 Å². The number of aryl methyl sites for hydroxylation is 2. The molecule has 28 heavy (non-hydrogen) atoms. The second-order valence-corrected chi connectivity index (χ2v) is 6.80. The molecule has 0 spiro atoms. The fraction of sp³-hybridized carbons (Fsp3) is 0.238. The third-order valence-corrected chi connectivity index (χ3v) is 4.52. The van der Waals surface area contributed by atoms with E-state index >= 15 is 0 Å². The summed E-state index contributed by atoms with van der Waals surface area (Å²) in [6.07, 6.45) is 1.20. The average Bonchev–Trinajstić information content (AvgIpc) is 2.67. The van der Waals surface area contributed by atoms with E-state index in [4.69, 9.17) is 0 Å². The predicted octanol–water partition coefficient (Wildman–Crippen LogP) is 2.11. The molecule has 0 unspecified atom stereocenters. The van der Waals surface area contributed by atoms with E-state index in [1.807, 2.05) is 32.0 Å². The van der Waals surface area contributed by atoms with E-state index in [0.29, 0.717) is 10.9 Å². The van der Waals surface area contributed by atoms with E-state index in [1.54, 1.807) is 31.3 Å². The van der Waals surface area contributed by atoms with Gasteiger partial charge in [0.15, 0.2) is 0 Å². The number of rotatable bonds is 5. The van der Waals surface area contributed by atoms with Crippen LogP contribution in [0, 0.1) is 13.8 Å². The van der Waals surface area contributed by atoms with Crippen LogP contribution in [0.2, 0.25) is 0 Å². The van der Waals surface area contributed by atoms with Crippen molar-refractivity contribution in [3.63, 3.8) is 0 Å². The standard InChI is InChI=1S/C21H22N4O3/c1-14-8-9-15(2)17(10-14)23-20(27)12-24(3)21(28)13-25-18-7-5-4-6-16(18)19(26)11-22-25/h4-11H,12-13H2,1-3H3,(H,23,27). The van der Waals surface area contributed by atoms with Crippen LogP contribution in [0.15, 0.2) is 53.5 Å². The lowest BCUT2D eigenvalue weighted by atomic mass is 10.1. The van der Waals surface area contributed by atoms with Crippen molar-refractivity contribution < 1.29 is 9.59 Å². The molecule has 0 aliphatic rings. The Morgan fingerprint density at radius 1 is 1.14 bits per heavy atom. The summed E-state index contributed by atoms with van der Waals surface area (Å²) in [5.41, 5.74) is 3.12. The van der Waals surface area contributed by atoms with Gasteiger partial charge in [0.2, 0.25) is 17.2 Å². The Balaban J connectivity index is 1.68. The smallest absolute Gasteiger partial charge is 0.244 e. The number of para-hydroxylation sites is 1. The summed E-state index contributed by atoms with van der Waals surface area (Å²) in [4.78, 5) is 38.1. The van der Waals surface area contributed by atoms with Crippen molar-refractivity contribution in [3.8, 4) is 0 Å². The van der Waals surface area contributed by atoms with Crippen LogP contribution in [0.4, 0.5) is 5.69 Å². The highest BCUT2D eigenvalue weighted by molar-refractivity contribution is 5.95. The lowest BCUT2D eigenvalue weighted by Gasteiger charge is -2.18. The number of nitrogens with one attached hydrogen (secondary N) is 1. The number of hydrogen-bond acceptors (Lipinski definition) is 4. The van der Waals surface area contributed by atoms with E-state index in [1.165, 1.54) is 15.8 Å². The number of nitrogens with zero attached hydrogens (tertiary/aromatic N) is 3. The number of likely N-dealkylation sites (N-methyl/N-ethyl adjacent to an activating group) is 1. The van der Waals surface area contributed by atoms with Crippen molar-refractivity contribution in [2.75, 3.05) is 18.9 Å². The van der Waals surface area contributed by atoms with E-state index in [2.05, 4.69) is 10.4 Å². The number of aromatic nitrogens is 2. The van der Waals surface area contributed by atoms with Gasteiger partial charge in [0, 0.05) is 18.1 Å². The Morgan fingerprint density at radius 2 is 1.89 bits per heavy atom. The Labute approximate surface area is 162 Å². The van der Waals surface area contributed by atoms with Gasteiger partial charge >= 0.3 is 0 Å². The largest absolute Gasteiger partial charge is 0.335 e. The summed E-state index contributed by atoms with van der Waals surface area (Å²) in [5.74, 6) is -0.556. The molecule has 3 aromatic rings. The highest BCUT2D eigenvalue weighted by Gasteiger charge is 2.16. The van der Waals surface area contributed by atoms with Crippen LogP contribution in [0.25, 0.3) is 10.9 Å². The van der Waals surface area contributed by atoms with Crippen LogP contribution in [0.5, 0.6) is 0 Å². The minimum Gasteiger partial charge on any atom is -0.335 e. The van der Waals surface area contributed by atoms with Crippen molar-refractivity contribution in [3.05, 3.63) is 70.0 Å². The van der Waals surface area contributed by atoms with E-state index < -0.39 is 0 Å². The molecule has 0 bridgehead atoms. The van der Waals surface area contributed by atoms with Gasteiger partial charge in [0.25, 0.3) is 0 Å². The number of hydrogen-bond donors (Lipinski definition) is 1. The summed E-state index contributed by atoms with van der Waals surface area (Å²) in [6.45, 7) is 3.72. The molecule has 3 rings (SSSR count). The molecule has 0 atom stereocenters. The predicted molar refractivity (Wildman–Crippen MR) is 108 cm³/mol. The number of anilines is 1. The normalized spacial score (nSPS) is 10.7. The quantitative estimate of drug-likeness (QED) is 0.737. The first kappa shape index (κ1) is 19.3. The molecule has 7 heteroatoms. The van der Waals surface area contributed by atoms with Crippen LogP contribution < -0.4 is 10.7 Å². The van der Waals surface area contributed by atoms with Gasteiger partial charge in [-0.05, 0) is 43.2 Å². The Bertz CT molecular complexity index is 1100. The molecule has 0 saturated carbocycles. The molecular formula is C21H22N4O3. The van der Waals surface area contributed by atoms with Gasteiger partial charge in [-0.25, -0.2) is 0 Å². The molecular weight excluding hydrogens is 356 g/mol. The lowest BCUT2D eigenvalue weighted by molar-refractivity contribution is -0.133. The van der Waals surface area contributed by atoms with E-state index in [0.717, 1.165) is 16.8 Å². The van der Waals surface area contributed by atoms with Crippen LogP contribution in [-0.4, -0.2) is 40.1 Å². The molecule has 0 aliphatic carbocycles. The first-order valence-corrected chi connectivity index (χ1v) is 8.91. The first-order valence-electron chi connectivity index (χ1n) is 8.91. The topological polar surface area (TPSA) is 84.3 Å². The molecule has 2 aromatic carbocycles. The van der Waals surface area contributed by atoms with Crippen LogP contribution in [0.3, 0.4) is 0 Å². The highest BCUT2D eigenvalue weighted by Crippen LogP contribution is 2.16. The maximum atomic E-state index is 12.6. The van der Waals surface area contributed by atoms with Gasteiger partial charge < -0.3 is 10.2 Å². The third-order valence-electron chi connectivity index (χ3n) is 4.52. The van der Waals surface area contributed by atoms with Gasteiger partial charge in [-0.1, -0.05) is 24.3 Å². The number of carbonyl (C=O) groups excluding carboxylic acids is 2. The summed E-state index contributed by atoms with van der Waals surface area (Å²) in [7, 11) is 1.57. The summed E-state index contributed by atoms with van der Waals surface area (Å²) < 4.78 is 1.47. The van der Waals surface area contributed by atoms with Crippen molar-refractivity contribution in [1.29, 1.82) is 0 Å². The van der Waals surface area contributed by atoms with E-state index in [-0.39, 0.29) is 30.3 Å². The first-order chi connectivity index (χ1) is 13.3. The summed E-state index contributed by atoms with van der Waals surface area (Å²) in [5, 5.41) is 7.39. The Kier molecular flexibility index (Phi) is 5.54. The molecule has 7 nitrogen and oxygen atoms in total. The van der Waals surface area contributed by atoms with Crippen molar-refractivity contribution in [1.82, 2.24) is 14.7 Å². The van der Waals surface area contributed by atoms with Gasteiger partial charge in [-0.2, -0.15) is 5.10 Å². The molecule has 0 aliphatic heterocycles. The molecule has 2 amide bonds. The maximum Gasteiger partial charge on any atom is 0.244 e. The van der Waals surface area contributed by atoms with Crippen molar-refractivity contribution >= 4 is 28.4 Å². The van der Waals surface area contributed by atoms with Gasteiger partial charge in [0.05, 0.1) is 18.3 Å². The monoisotopic (exact) mass is 378 g/mol. The SMILES string of the molecule is Cc1ccc(C)c(NC(=O)CN(C)C(=O)Cn2ncc(=O)c3ccccc32)c1. The number of amides is 2. The fourth-order valence-corrected chi connectivity index (χ4v) is 2.90. The maximum absolute atomic E-state index is 12.6. The Hall–Kier alpha value is -3.48.